The van der Waals surface area contributed by atoms with E-state index in [1.165, 1.54) is 0 Å². The standard InChI is InChI=1S/C9H15ClN2O2/c1-2-8(13)11-3-5-12(6-4-11)9(14)7-10/h2-7H2,1H3. The van der Waals surface area contributed by atoms with E-state index in [0.29, 0.717) is 32.6 Å². The molecular formula is C9H15ClN2O2. The van der Waals surface area contributed by atoms with E-state index in [-0.39, 0.29) is 17.7 Å². The van der Waals surface area contributed by atoms with Gasteiger partial charge >= 0.3 is 0 Å². The zero-order valence-corrected chi connectivity index (χ0v) is 9.09. The first kappa shape index (κ1) is 11.3. The van der Waals surface area contributed by atoms with Crippen molar-refractivity contribution in [2.24, 2.45) is 0 Å². The maximum Gasteiger partial charge on any atom is 0.237 e. The van der Waals surface area contributed by atoms with Gasteiger partial charge in [0.1, 0.15) is 5.88 Å². The largest absolute Gasteiger partial charge is 0.339 e. The highest BCUT2D eigenvalue weighted by Crippen LogP contribution is 2.04. The molecule has 1 fully saturated rings. The van der Waals surface area contributed by atoms with E-state index in [0.717, 1.165) is 0 Å². The average molecular weight is 219 g/mol. The molecule has 0 saturated carbocycles. The number of amides is 2. The van der Waals surface area contributed by atoms with Crippen LogP contribution < -0.4 is 0 Å². The molecule has 1 aliphatic heterocycles. The summed E-state index contributed by atoms with van der Waals surface area (Å²) in [6.45, 7) is 4.33. The van der Waals surface area contributed by atoms with Gasteiger partial charge in [-0.2, -0.15) is 0 Å². The fraction of sp³-hybridized carbons (Fsp3) is 0.778. The molecule has 0 bridgehead atoms. The predicted molar refractivity (Wildman–Crippen MR) is 54.2 cm³/mol. The third-order valence-corrected chi connectivity index (χ3v) is 2.63. The van der Waals surface area contributed by atoms with Gasteiger partial charge in [0, 0.05) is 32.6 Å². The van der Waals surface area contributed by atoms with Crippen molar-refractivity contribution in [3.63, 3.8) is 0 Å². The molecule has 0 radical (unpaired) electrons. The van der Waals surface area contributed by atoms with Gasteiger partial charge < -0.3 is 9.80 Å². The van der Waals surface area contributed by atoms with Crippen LogP contribution in [0, 0.1) is 0 Å². The number of rotatable bonds is 2. The van der Waals surface area contributed by atoms with Crippen molar-refractivity contribution >= 4 is 23.4 Å². The summed E-state index contributed by atoms with van der Waals surface area (Å²) in [5, 5.41) is 0. The fourth-order valence-corrected chi connectivity index (χ4v) is 1.68. The van der Waals surface area contributed by atoms with E-state index < -0.39 is 0 Å². The molecule has 0 aromatic carbocycles. The van der Waals surface area contributed by atoms with Crippen molar-refractivity contribution in [2.45, 2.75) is 13.3 Å². The molecule has 1 saturated heterocycles. The average Bonchev–Trinajstić information content (AvgIpc) is 2.27. The lowest BCUT2D eigenvalue weighted by molar-refractivity contribution is -0.138. The Bertz CT molecular complexity index is 201. The van der Waals surface area contributed by atoms with Crippen molar-refractivity contribution in [3.8, 4) is 0 Å². The molecule has 0 aliphatic carbocycles. The van der Waals surface area contributed by atoms with Crippen LogP contribution in [-0.2, 0) is 9.59 Å². The molecule has 0 aromatic rings. The smallest absolute Gasteiger partial charge is 0.237 e. The number of halogens is 1. The molecule has 4 nitrogen and oxygen atoms in total. The Labute approximate surface area is 88.8 Å². The van der Waals surface area contributed by atoms with Crippen LogP contribution >= 0.6 is 11.6 Å². The van der Waals surface area contributed by atoms with Crippen LogP contribution in [0.4, 0.5) is 0 Å². The van der Waals surface area contributed by atoms with E-state index in [1.807, 2.05) is 6.92 Å². The van der Waals surface area contributed by atoms with Crippen LogP contribution in [0.3, 0.4) is 0 Å². The summed E-state index contributed by atoms with van der Waals surface area (Å²) in [7, 11) is 0. The predicted octanol–water partition coefficient (Wildman–Crippen LogP) is 0.306. The second-order valence-electron chi connectivity index (χ2n) is 3.25. The van der Waals surface area contributed by atoms with Crippen LogP contribution in [0.2, 0.25) is 0 Å². The molecule has 5 heteroatoms. The Morgan fingerprint density at radius 3 is 1.86 bits per heavy atom. The number of alkyl halides is 1. The molecule has 14 heavy (non-hydrogen) atoms. The minimum Gasteiger partial charge on any atom is -0.339 e. The Morgan fingerprint density at radius 1 is 1.07 bits per heavy atom. The highest BCUT2D eigenvalue weighted by Gasteiger charge is 2.22. The summed E-state index contributed by atoms with van der Waals surface area (Å²) < 4.78 is 0. The summed E-state index contributed by atoms with van der Waals surface area (Å²) >= 11 is 5.44. The second kappa shape index (κ2) is 5.20. The number of carbonyl (C=O) groups is 2. The summed E-state index contributed by atoms with van der Waals surface area (Å²) in [4.78, 5) is 26.0. The van der Waals surface area contributed by atoms with Crippen LogP contribution in [0.1, 0.15) is 13.3 Å². The maximum absolute atomic E-state index is 11.3. The summed E-state index contributed by atoms with van der Waals surface area (Å²) in [5.74, 6) is 0.139. The Hall–Kier alpha value is -0.770. The van der Waals surface area contributed by atoms with Gasteiger partial charge in [-0.05, 0) is 0 Å². The molecular weight excluding hydrogens is 204 g/mol. The minimum atomic E-state index is -0.0461. The van der Waals surface area contributed by atoms with Gasteiger partial charge in [0.2, 0.25) is 11.8 Å². The molecule has 2 amide bonds. The molecule has 1 heterocycles. The van der Waals surface area contributed by atoms with E-state index >= 15 is 0 Å². The van der Waals surface area contributed by atoms with Crippen molar-refractivity contribution in [1.82, 2.24) is 9.80 Å². The topological polar surface area (TPSA) is 40.6 Å². The molecule has 0 N–H and O–H groups in total. The third-order valence-electron chi connectivity index (χ3n) is 2.40. The van der Waals surface area contributed by atoms with Crippen molar-refractivity contribution in [2.75, 3.05) is 32.1 Å². The summed E-state index contributed by atoms with van der Waals surface area (Å²) in [6, 6.07) is 0. The Kier molecular flexibility index (Phi) is 4.20. The fourth-order valence-electron chi connectivity index (χ4n) is 1.51. The monoisotopic (exact) mass is 218 g/mol. The van der Waals surface area contributed by atoms with E-state index in [4.69, 9.17) is 11.6 Å². The number of carbonyl (C=O) groups excluding carboxylic acids is 2. The van der Waals surface area contributed by atoms with Crippen molar-refractivity contribution < 1.29 is 9.59 Å². The lowest BCUT2D eigenvalue weighted by Gasteiger charge is -2.34. The minimum absolute atomic E-state index is 0.0295. The normalized spacial score (nSPS) is 17.0. The van der Waals surface area contributed by atoms with E-state index in [2.05, 4.69) is 0 Å². The van der Waals surface area contributed by atoms with Gasteiger partial charge in [0.05, 0.1) is 0 Å². The van der Waals surface area contributed by atoms with Crippen LogP contribution in [0.5, 0.6) is 0 Å². The molecule has 80 valence electrons. The van der Waals surface area contributed by atoms with Gasteiger partial charge in [0.25, 0.3) is 0 Å². The zero-order chi connectivity index (χ0) is 10.6. The molecule has 0 aromatic heterocycles. The summed E-state index contributed by atoms with van der Waals surface area (Å²) in [6.07, 6.45) is 0.531. The quantitative estimate of drug-likeness (QED) is 0.626. The third kappa shape index (κ3) is 2.61. The first-order valence-corrected chi connectivity index (χ1v) is 5.34. The zero-order valence-electron chi connectivity index (χ0n) is 8.33. The first-order valence-electron chi connectivity index (χ1n) is 4.80. The molecule has 0 atom stereocenters. The van der Waals surface area contributed by atoms with Gasteiger partial charge in [-0.15, -0.1) is 11.6 Å². The molecule has 1 aliphatic rings. The SMILES string of the molecule is CCC(=O)N1CCN(C(=O)CCl)CC1. The van der Waals surface area contributed by atoms with Gasteiger partial charge in [-0.25, -0.2) is 0 Å². The van der Waals surface area contributed by atoms with Crippen LogP contribution in [-0.4, -0.2) is 53.7 Å². The number of piperazine rings is 1. The number of hydrogen-bond donors (Lipinski definition) is 0. The second-order valence-corrected chi connectivity index (χ2v) is 3.52. The van der Waals surface area contributed by atoms with Crippen molar-refractivity contribution in [1.29, 1.82) is 0 Å². The van der Waals surface area contributed by atoms with Crippen molar-refractivity contribution in [3.05, 3.63) is 0 Å². The van der Waals surface area contributed by atoms with E-state index in [1.54, 1.807) is 9.80 Å². The Balaban J connectivity index is 2.38. The lowest BCUT2D eigenvalue weighted by Crippen LogP contribution is -2.50. The van der Waals surface area contributed by atoms with Gasteiger partial charge in [-0.1, -0.05) is 6.92 Å². The van der Waals surface area contributed by atoms with Crippen LogP contribution in [0.25, 0.3) is 0 Å². The molecule has 0 unspecified atom stereocenters. The molecule has 0 spiro atoms. The van der Waals surface area contributed by atoms with E-state index in [9.17, 15) is 9.59 Å². The highest BCUT2D eigenvalue weighted by molar-refractivity contribution is 6.27. The lowest BCUT2D eigenvalue weighted by atomic mass is 10.3. The maximum atomic E-state index is 11.3. The number of nitrogens with zero attached hydrogens (tertiary/aromatic N) is 2. The van der Waals surface area contributed by atoms with Gasteiger partial charge in [-0.3, -0.25) is 9.59 Å². The highest BCUT2D eigenvalue weighted by atomic mass is 35.5. The first-order chi connectivity index (χ1) is 6.69. The van der Waals surface area contributed by atoms with Gasteiger partial charge in [0.15, 0.2) is 0 Å². The number of hydrogen-bond acceptors (Lipinski definition) is 2. The summed E-state index contributed by atoms with van der Waals surface area (Å²) in [5.41, 5.74) is 0. The Morgan fingerprint density at radius 2 is 1.50 bits per heavy atom. The molecule has 1 rings (SSSR count). The van der Waals surface area contributed by atoms with Crippen LogP contribution in [0.15, 0.2) is 0 Å².